The molecular formula is C16H14ClN3O. The Balaban J connectivity index is 1.80. The van der Waals surface area contributed by atoms with Crippen LogP contribution in [-0.2, 0) is 11.2 Å². The summed E-state index contributed by atoms with van der Waals surface area (Å²) in [6.07, 6.45) is 4.10. The zero-order chi connectivity index (χ0) is 14.8. The van der Waals surface area contributed by atoms with Gasteiger partial charge in [-0.3, -0.25) is 4.79 Å². The molecule has 1 N–H and O–H groups in total. The Bertz CT molecular complexity index is 810. The lowest BCUT2D eigenvalue weighted by molar-refractivity contribution is -0.115. The minimum Gasteiger partial charge on any atom is -0.323 e. The predicted molar refractivity (Wildman–Crippen MR) is 83.7 cm³/mol. The lowest BCUT2D eigenvalue weighted by atomic mass is 10.1. The number of nitrogens with one attached hydrogen (secondary N) is 1. The Kier molecular flexibility index (Phi) is 3.62. The number of benzene rings is 1. The van der Waals surface area contributed by atoms with Crippen LogP contribution in [0.4, 0.5) is 5.69 Å². The van der Waals surface area contributed by atoms with Gasteiger partial charge in [0, 0.05) is 17.4 Å². The number of halogens is 1. The maximum absolute atomic E-state index is 12.2. The number of fused-ring (bicyclic) bond motifs is 1. The highest BCUT2D eigenvalue weighted by molar-refractivity contribution is 6.30. The molecule has 0 atom stereocenters. The number of hydrogen-bond acceptors (Lipinski definition) is 2. The first-order valence-corrected chi connectivity index (χ1v) is 6.98. The summed E-state index contributed by atoms with van der Waals surface area (Å²) in [6.45, 7) is 1.92. The number of nitrogens with zero attached hydrogens (tertiary/aromatic N) is 2. The van der Waals surface area contributed by atoms with Crippen molar-refractivity contribution in [3.05, 3.63) is 65.1 Å². The number of carbonyl (C=O) groups is 1. The van der Waals surface area contributed by atoms with E-state index in [0.717, 1.165) is 16.9 Å². The average molecular weight is 300 g/mol. The van der Waals surface area contributed by atoms with Crippen molar-refractivity contribution in [3.8, 4) is 0 Å². The van der Waals surface area contributed by atoms with E-state index in [-0.39, 0.29) is 12.3 Å². The van der Waals surface area contributed by atoms with E-state index >= 15 is 0 Å². The number of imidazole rings is 1. The van der Waals surface area contributed by atoms with E-state index in [1.807, 2.05) is 48.0 Å². The fourth-order valence-corrected chi connectivity index (χ4v) is 2.47. The van der Waals surface area contributed by atoms with E-state index in [0.29, 0.717) is 10.7 Å². The van der Waals surface area contributed by atoms with Crippen LogP contribution in [0.2, 0.25) is 5.02 Å². The van der Waals surface area contributed by atoms with Crippen LogP contribution in [0.25, 0.3) is 5.65 Å². The maximum atomic E-state index is 12.2. The van der Waals surface area contributed by atoms with E-state index in [1.165, 1.54) is 0 Å². The molecule has 0 saturated heterocycles. The molecular weight excluding hydrogens is 286 g/mol. The third kappa shape index (κ3) is 3.06. The summed E-state index contributed by atoms with van der Waals surface area (Å²) in [6, 6.07) is 11.0. The molecule has 0 aliphatic heterocycles. The summed E-state index contributed by atoms with van der Waals surface area (Å²) in [7, 11) is 0. The topological polar surface area (TPSA) is 46.4 Å². The molecule has 0 radical (unpaired) electrons. The molecule has 0 bridgehead atoms. The lowest BCUT2D eigenvalue weighted by Crippen LogP contribution is -2.15. The molecule has 0 saturated carbocycles. The van der Waals surface area contributed by atoms with Gasteiger partial charge in [-0.25, -0.2) is 4.98 Å². The number of aromatic nitrogens is 2. The number of anilines is 1. The van der Waals surface area contributed by atoms with Crippen molar-refractivity contribution in [3.63, 3.8) is 0 Å². The molecule has 106 valence electrons. The van der Waals surface area contributed by atoms with Crippen LogP contribution < -0.4 is 5.32 Å². The minimum absolute atomic E-state index is 0.0916. The second kappa shape index (κ2) is 5.58. The molecule has 0 fully saturated rings. The van der Waals surface area contributed by atoms with E-state index < -0.39 is 0 Å². The highest BCUT2D eigenvalue weighted by atomic mass is 35.5. The van der Waals surface area contributed by atoms with Gasteiger partial charge in [0.05, 0.1) is 17.8 Å². The fraction of sp³-hybridized carbons (Fsp3) is 0.125. The number of pyridine rings is 1. The zero-order valence-electron chi connectivity index (χ0n) is 11.5. The molecule has 2 heterocycles. The van der Waals surface area contributed by atoms with Gasteiger partial charge in [0.2, 0.25) is 5.91 Å². The molecule has 0 aliphatic rings. The van der Waals surface area contributed by atoms with Crippen molar-refractivity contribution in [2.75, 3.05) is 5.32 Å². The lowest BCUT2D eigenvalue weighted by Gasteiger charge is -2.07. The van der Waals surface area contributed by atoms with Crippen LogP contribution in [0.3, 0.4) is 0 Å². The molecule has 3 rings (SSSR count). The standard InChI is InChI=1S/C16H14ClN3O/c1-11-10-20-7-3-6-14(16(20)18-11)19-15(21)9-12-4-2-5-13(17)8-12/h2-8,10H,9H2,1H3,(H,19,21). The molecule has 5 heteroatoms. The van der Waals surface area contributed by atoms with Gasteiger partial charge in [-0.1, -0.05) is 23.7 Å². The molecule has 1 amide bonds. The summed E-state index contributed by atoms with van der Waals surface area (Å²) in [5, 5.41) is 3.53. The van der Waals surface area contributed by atoms with Crippen LogP contribution in [0.15, 0.2) is 48.8 Å². The van der Waals surface area contributed by atoms with Gasteiger partial charge < -0.3 is 9.72 Å². The second-order valence-electron chi connectivity index (χ2n) is 4.89. The number of carbonyl (C=O) groups excluding carboxylic acids is 1. The largest absolute Gasteiger partial charge is 0.323 e. The Morgan fingerprint density at radius 2 is 2.19 bits per heavy atom. The number of rotatable bonds is 3. The SMILES string of the molecule is Cc1cn2cccc(NC(=O)Cc3cccc(Cl)c3)c2n1. The molecule has 0 aliphatic carbocycles. The number of amides is 1. The fourth-order valence-electron chi connectivity index (χ4n) is 2.26. The van der Waals surface area contributed by atoms with Crippen molar-refractivity contribution in [1.29, 1.82) is 0 Å². The van der Waals surface area contributed by atoms with Gasteiger partial charge in [0.15, 0.2) is 5.65 Å². The molecule has 0 spiro atoms. The van der Waals surface area contributed by atoms with E-state index in [4.69, 9.17) is 11.6 Å². The summed E-state index contributed by atoms with van der Waals surface area (Å²) in [5.41, 5.74) is 3.24. The van der Waals surface area contributed by atoms with E-state index in [9.17, 15) is 4.79 Å². The van der Waals surface area contributed by atoms with Crippen LogP contribution in [-0.4, -0.2) is 15.3 Å². The normalized spacial score (nSPS) is 10.8. The van der Waals surface area contributed by atoms with E-state index in [1.54, 1.807) is 12.1 Å². The molecule has 3 aromatic rings. The monoisotopic (exact) mass is 299 g/mol. The average Bonchev–Trinajstić information content (AvgIpc) is 2.80. The first kappa shape index (κ1) is 13.6. The Hall–Kier alpha value is -2.33. The van der Waals surface area contributed by atoms with Crippen molar-refractivity contribution in [2.45, 2.75) is 13.3 Å². The number of hydrogen-bond donors (Lipinski definition) is 1. The minimum atomic E-state index is -0.0916. The quantitative estimate of drug-likeness (QED) is 0.805. The van der Waals surface area contributed by atoms with Crippen molar-refractivity contribution in [2.24, 2.45) is 0 Å². The van der Waals surface area contributed by atoms with Crippen LogP contribution in [0, 0.1) is 6.92 Å². The smallest absolute Gasteiger partial charge is 0.228 e. The first-order valence-electron chi connectivity index (χ1n) is 6.60. The van der Waals surface area contributed by atoms with Gasteiger partial charge in [-0.2, -0.15) is 0 Å². The summed E-state index contributed by atoms with van der Waals surface area (Å²) in [5.74, 6) is -0.0916. The molecule has 2 aromatic heterocycles. The van der Waals surface area contributed by atoms with Gasteiger partial charge in [-0.05, 0) is 36.8 Å². The van der Waals surface area contributed by atoms with Gasteiger partial charge in [-0.15, -0.1) is 0 Å². The van der Waals surface area contributed by atoms with E-state index in [2.05, 4.69) is 10.3 Å². The highest BCUT2D eigenvalue weighted by Gasteiger charge is 2.09. The maximum Gasteiger partial charge on any atom is 0.228 e. The van der Waals surface area contributed by atoms with Crippen molar-refractivity contribution in [1.82, 2.24) is 9.38 Å². The first-order chi connectivity index (χ1) is 10.1. The Labute approximate surface area is 127 Å². The van der Waals surface area contributed by atoms with Crippen LogP contribution in [0.5, 0.6) is 0 Å². The third-order valence-electron chi connectivity index (χ3n) is 3.13. The van der Waals surface area contributed by atoms with Crippen LogP contribution in [0.1, 0.15) is 11.3 Å². The zero-order valence-corrected chi connectivity index (χ0v) is 12.3. The third-order valence-corrected chi connectivity index (χ3v) is 3.37. The van der Waals surface area contributed by atoms with Crippen molar-refractivity contribution < 1.29 is 4.79 Å². The van der Waals surface area contributed by atoms with Gasteiger partial charge in [0.1, 0.15) is 0 Å². The molecule has 21 heavy (non-hydrogen) atoms. The van der Waals surface area contributed by atoms with Crippen molar-refractivity contribution >= 4 is 28.8 Å². The number of aryl methyl sites for hydroxylation is 1. The Morgan fingerprint density at radius 3 is 3.00 bits per heavy atom. The second-order valence-corrected chi connectivity index (χ2v) is 5.33. The summed E-state index contributed by atoms with van der Waals surface area (Å²) >= 11 is 5.92. The highest BCUT2D eigenvalue weighted by Crippen LogP contribution is 2.17. The molecule has 0 unspecified atom stereocenters. The summed E-state index contributed by atoms with van der Waals surface area (Å²) in [4.78, 5) is 16.6. The predicted octanol–water partition coefficient (Wildman–Crippen LogP) is 3.48. The summed E-state index contributed by atoms with van der Waals surface area (Å²) < 4.78 is 1.89. The van der Waals surface area contributed by atoms with Gasteiger partial charge in [0.25, 0.3) is 0 Å². The van der Waals surface area contributed by atoms with Gasteiger partial charge >= 0.3 is 0 Å². The molecule has 1 aromatic carbocycles. The molecule has 4 nitrogen and oxygen atoms in total. The Morgan fingerprint density at radius 1 is 1.33 bits per heavy atom. The van der Waals surface area contributed by atoms with Crippen LogP contribution >= 0.6 is 11.6 Å².